The van der Waals surface area contributed by atoms with Crippen LogP contribution in [0.2, 0.25) is 10.3 Å². The van der Waals surface area contributed by atoms with Gasteiger partial charge in [-0.25, -0.2) is 13.1 Å². The van der Waals surface area contributed by atoms with Crippen LogP contribution in [0.5, 0.6) is 0 Å². The van der Waals surface area contributed by atoms with Gasteiger partial charge in [0.1, 0.15) is 10.3 Å². The Bertz CT molecular complexity index is 880. The van der Waals surface area contributed by atoms with Crippen LogP contribution in [0.3, 0.4) is 0 Å². The quantitative estimate of drug-likeness (QED) is 0.473. The van der Waals surface area contributed by atoms with Crippen LogP contribution < -0.4 is 4.72 Å². The fourth-order valence-electron chi connectivity index (χ4n) is 1.88. The number of anilines is 1. The summed E-state index contributed by atoms with van der Waals surface area (Å²) in [5.41, 5.74) is 0.140. The zero-order valence-corrected chi connectivity index (χ0v) is 14.9. The van der Waals surface area contributed by atoms with Crippen molar-refractivity contribution in [1.82, 2.24) is 9.97 Å². The standard InChI is InChI=1S/C13H12Cl2N4O4S/c1-7(2)10-11(14)16-13(17-12(10)15)18-24(22,23)9-5-3-4-8(6-9)19(20)21/h3-7H,1-2H3,(H,16,17,18). The lowest BCUT2D eigenvalue weighted by Gasteiger charge is -2.12. The van der Waals surface area contributed by atoms with E-state index in [1.807, 2.05) is 13.8 Å². The van der Waals surface area contributed by atoms with Crippen LogP contribution in [-0.2, 0) is 10.0 Å². The Morgan fingerprint density at radius 3 is 2.29 bits per heavy atom. The first kappa shape index (κ1) is 18.4. The number of hydrogen-bond acceptors (Lipinski definition) is 6. The van der Waals surface area contributed by atoms with Gasteiger partial charge in [0.15, 0.2) is 0 Å². The van der Waals surface area contributed by atoms with Crippen molar-refractivity contribution in [3.8, 4) is 0 Å². The van der Waals surface area contributed by atoms with E-state index in [-0.39, 0.29) is 32.8 Å². The van der Waals surface area contributed by atoms with Gasteiger partial charge in [-0.05, 0) is 12.0 Å². The summed E-state index contributed by atoms with van der Waals surface area (Å²) in [6, 6.07) is 4.57. The van der Waals surface area contributed by atoms with Crippen molar-refractivity contribution < 1.29 is 13.3 Å². The number of non-ortho nitro benzene ring substituents is 1. The minimum absolute atomic E-state index is 0.0294. The smallest absolute Gasteiger partial charge is 0.258 e. The lowest BCUT2D eigenvalue weighted by atomic mass is 10.1. The Kier molecular flexibility index (Phi) is 5.26. The van der Waals surface area contributed by atoms with Crippen LogP contribution in [0.15, 0.2) is 29.2 Å². The normalized spacial score (nSPS) is 11.5. The molecule has 1 aromatic carbocycles. The molecule has 1 N–H and O–H groups in total. The molecule has 0 saturated heterocycles. The second kappa shape index (κ2) is 6.88. The summed E-state index contributed by atoms with van der Waals surface area (Å²) in [5.74, 6) is -0.367. The number of nitrogens with one attached hydrogen (secondary N) is 1. The van der Waals surface area contributed by atoms with Gasteiger partial charge < -0.3 is 0 Å². The molecule has 2 aromatic rings. The molecule has 0 unspecified atom stereocenters. The number of nitro benzene ring substituents is 1. The summed E-state index contributed by atoms with van der Waals surface area (Å²) in [7, 11) is -4.13. The van der Waals surface area contributed by atoms with Crippen molar-refractivity contribution in [2.45, 2.75) is 24.7 Å². The largest absolute Gasteiger partial charge is 0.270 e. The van der Waals surface area contributed by atoms with E-state index in [2.05, 4.69) is 14.7 Å². The van der Waals surface area contributed by atoms with E-state index >= 15 is 0 Å². The Balaban J connectivity index is 2.40. The third kappa shape index (κ3) is 3.92. The zero-order valence-electron chi connectivity index (χ0n) is 12.5. The van der Waals surface area contributed by atoms with Crippen molar-refractivity contribution in [3.63, 3.8) is 0 Å². The molecule has 0 radical (unpaired) electrons. The number of halogens is 2. The maximum absolute atomic E-state index is 12.3. The van der Waals surface area contributed by atoms with E-state index in [1.165, 1.54) is 18.2 Å². The molecular formula is C13H12Cl2N4O4S. The highest BCUT2D eigenvalue weighted by molar-refractivity contribution is 7.92. The molecule has 11 heteroatoms. The summed E-state index contributed by atoms with van der Waals surface area (Å²) in [4.78, 5) is 17.5. The fourth-order valence-corrected chi connectivity index (χ4v) is 3.69. The number of rotatable bonds is 5. The Hall–Kier alpha value is -1.97. The van der Waals surface area contributed by atoms with Gasteiger partial charge in [0.2, 0.25) is 5.95 Å². The van der Waals surface area contributed by atoms with Gasteiger partial charge in [0.05, 0.1) is 9.82 Å². The van der Waals surface area contributed by atoms with Crippen molar-refractivity contribution in [3.05, 3.63) is 50.2 Å². The van der Waals surface area contributed by atoms with E-state index in [4.69, 9.17) is 23.2 Å². The number of sulfonamides is 1. The van der Waals surface area contributed by atoms with Gasteiger partial charge in [-0.1, -0.05) is 43.1 Å². The predicted molar refractivity (Wildman–Crippen MR) is 90.0 cm³/mol. The molecule has 24 heavy (non-hydrogen) atoms. The van der Waals surface area contributed by atoms with Gasteiger partial charge in [0, 0.05) is 17.7 Å². The third-order valence-corrected chi connectivity index (χ3v) is 4.90. The molecule has 0 aliphatic rings. The molecule has 0 bridgehead atoms. The molecule has 0 fully saturated rings. The average Bonchev–Trinajstić information content (AvgIpc) is 2.45. The first-order valence-corrected chi connectivity index (χ1v) is 8.86. The summed E-state index contributed by atoms with van der Waals surface area (Å²) in [6.07, 6.45) is 0. The summed E-state index contributed by atoms with van der Waals surface area (Å²) in [6.45, 7) is 3.67. The van der Waals surface area contributed by atoms with Crippen LogP contribution in [0.25, 0.3) is 0 Å². The molecule has 8 nitrogen and oxygen atoms in total. The summed E-state index contributed by atoms with van der Waals surface area (Å²) >= 11 is 12.0. The van der Waals surface area contributed by atoms with Gasteiger partial charge in [-0.15, -0.1) is 0 Å². The van der Waals surface area contributed by atoms with E-state index in [0.717, 1.165) is 6.07 Å². The van der Waals surface area contributed by atoms with Gasteiger partial charge in [-0.3, -0.25) is 10.1 Å². The molecule has 128 valence electrons. The van der Waals surface area contributed by atoms with Crippen molar-refractivity contribution in [2.24, 2.45) is 0 Å². The van der Waals surface area contributed by atoms with Crippen molar-refractivity contribution in [2.75, 3.05) is 4.72 Å². The number of nitrogens with zero attached hydrogens (tertiary/aromatic N) is 3. The third-order valence-electron chi connectivity index (χ3n) is 2.99. The highest BCUT2D eigenvalue weighted by Gasteiger charge is 2.21. The van der Waals surface area contributed by atoms with Crippen LogP contribution in [0.1, 0.15) is 25.3 Å². The lowest BCUT2D eigenvalue weighted by Crippen LogP contribution is -2.16. The maximum atomic E-state index is 12.3. The van der Waals surface area contributed by atoms with E-state index in [9.17, 15) is 18.5 Å². The molecule has 1 aromatic heterocycles. The monoisotopic (exact) mass is 390 g/mol. The van der Waals surface area contributed by atoms with Gasteiger partial charge in [-0.2, -0.15) is 9.97 Å². The second-order valence-corrected chi connectivity index (χ2v) is 7.46. The molecule has 2 rings (SSSR count). The number of benzene rings is 1. The highest BCUT2D eigenvalue weighted by Crippen LogP contribution is 2.30. The maximum Gasteiger partial charge on any atom is 0.270 e. The Morgan fingerprint density at radius 1 is 1.21 bits per heavy atom. The van der Waals surface area contributed by atoms with Crippen molar-refractivity contribution in [1.29, 1.82) is 0 Å². The van der Waals surface area contributed by atoms with Crippen LogP contribution >= 0.6 is 23.2 Å². The molecule has 0 saturated carbocycles. The summed E-state index contributed by atoms with van der Waals surface area (Å²) in [5, 5.41) is 10.8. The molecule has 0 aliphatic heterocycles. The van der Waals surface area contributed by atoms with Crippen LogP contribution in [0, 0.1) is 10.1 Å². The lowest BCUT2D eigenvalue weighted by molar-refractivity contribution is -0.385. The minimum atomic E-state index is -4.13. The molecule has 0 spiro atoms. The zero-order chi connectivity index (χ0) is 18.1. The number of hydrogen-bond donors (Lipinski definition) is 1. The van der Waals surface area contributed by atoms with E-state index in [1.54, 1.807) is 0 Å². The molecule has 0 amide bonds. The number of nitro groups is 1. The van der Waals surface area contributed by atoms with E-state index < -0.39 is 14.9 Å². The van der Waals surface area contributed by atoms with Crippen molar-refractivity contribution >= 4 is 44.9 Å². The van der Waals surface area contributed by atoms with Crippen LogP contribution in [-0.4, -0.2) is 23.3 Å². The molecule has 0 aliphatic carbocycles. The summed E-state index contributed by atoms with van der Waals surface area (Å²) < 4.78 is 26.7. The predicted octanol–water partition coefficient (Wildman–Crippen LogP) is 3.62. The average molecular weight is 391 g/mol. The molecular weight excluding hydrogens is 379 g/mol. The van der Waals surface area contributed by atoms with E-state index in [0.29, 0.717) is 5.56 Å². The Labute approximate surface area is 148 Å². The first-order chi connectivity index (χ1) is 11.1. The second-order valence-electron chi connectivity index (χ2n) is 5.06. The Morgan fingerprint density at radius 2 is 1.79 bits per heavy atom. The number of aromatic nitrogens is 2. The molecule has 0 atom stereocenters. The minimum Gasteiger partial charge on any atom is -0.258 e. The van der Waals surface area contributed by atoms with Gasteiger partial charge in [0.25, 0.3) is 15.7 Å². The topological polar surface area (TPSA) is 115 Å². The SMILES string of the molecule is CC(C)c1c(Cl)nc(NS(=O)(=O)c2cccc([N+](=O)[O-])c2)nc1Cl. The fraction of sp³-hybridized carbons (Fsp3) is 0.231. The molecule has 1 heterocycles. The first-order valence-electron chi connectivity index (χ1n) is 6.62. The van der Waals surface area contributed by atoms with Gasteiger partial charge >= 0.3 is 0 Å². The highest BCUT2D eigenvalue weighted by atomic mass is 35.5. The van der Waals surface area contributed by atoms with Crippen LogP contribution in [0.4, 0.5) is 11.6 Å².